The summed E-state index contributed by atoms with van der Waals surface area (Å²) in [5, 5.41) is 13.3. The summed E-state index contributed by atoms with van der Waals surface area (Å²) in [6, 6.07) is 129. The summed E-state index contributed by atoms with van der Waals surface area (Å²) >= 11 is 5.23. The Morgan fingerprint density at radius 1 is 0.260 bits per heavy atom. The van der Waals surface area contributed by atoms with E-state index < -0.39 is 0 Å². The van der Waals surface area contributed by atoms with Crippen molar-refractivity contribution in [1.29, 1.82) is 0 Å². The van der Waals surface area contributed by atoms with Gasteiger partial charge in [0.15, 0.2) is 0 Å². The van der Waals surface area contributed by atoms with E-state index in [1.807, 2.05) is 73.2 Å². The quantitative estimate of drug-likeness (QED) is 0.113. The molecule has 0 amide bonds. The van der Waals surface area contributed by atoms with Crippen molar-refractivity contribution in [2.45, 2.75) is 0 Å². The molecule has 12 aromatic heterocycles. The third kappa shape index (κ3) is 14.5. The Morgan fingerprint density at radius 3 is 1.08 bits per heavy atom. The monoisotopic (exact) mass is 2180 g/mol. The second kappa shape index (κ2) is 33.8. The third-order valence-electron chi connectivity index (χ3n) is 22.4. The second-order valence-electron chi connectivity index (χ2n) is 29.5. The minimum absolute atomic E-state index is 0. The van der Waals surface area contributed by atoms with Crippen molar-refractivity contribution in [2.75, 3.05) is 0 Å². The van der Waals surface area contributed by atoms with E-state index in [0.717, 1.165) is 173 Å². The van der Waals surface area contributed by atoms with Crippen LogP contribution in [0.15, 0.2) is 344 Å². The standard InChI is InChI=1S/3C35H22N4S.3Pt/c1-38-31-15-7-12-28(33-16-8-20-40-33)34(31)37-35(38)24-17-18-27-26-11-2-3-14-30(26)39(32(27)22-24)25-10-6-9-23(21-25)29-13-4-5-19-36-29;1-38-32-17-15-24(34-13-7-19-40-34)21-30(32)37-35(38)25-14-16-28-27-10-2-3-12-31(27)39(33(28)22-25)26-9-6-8-23(20-26)29-11-4-5-18-36-29;1-38-33-21-24(34-13-7-19-40-34)15-17-30(33)37-35(38)25-14-16-28-27-10-2-3-12-31(27)39(32(28)22-25)26-9-6-8-23(20-26)29-11-4-5-18-36-29;;;/h2-20H,1H3;2*2-19,21H,1H3;;;/q3*-2;3*+2. The molecule has 24 rings (SSSR count). The van der Waals surface area contributed by atoms with Crippen molar-refractivity contribution in [1.82, 2.24) is 57.3 Å². The van der Waals surface area contributed by atoms with Gasteiger partial charge in [-0.2, -0.15) is 0 Å². The Hall–Kier alpha value is -12.9. The fraction of sp³-hybridized carbons (Fsp3) is 0.0286. The first kappa shape index (κ1) is 79.8. The number of hydrogen-bond donors (Lipinski definition) is 0. The van der Waals surface area contributed by atoms with E-state index in [1.165, 1.54) is 41.9 Å². The summed E-state index contributed by atoms with van der Waals surface area (Å²) in [6.07, 6.45) is 5.45. The maximum Gasteiger partial charge on any atom is 2.00 e. The Labute approximate surface area is 763 Å². The Balaban J connectivity index is 0.000000120. The smallest absolute Gasteiger partial charge is 0.367 e. The molecule has 18 heteroatoms. The molecule has 0 saturated carbocycles. The molecule has 12 aromatic carbocycles. The zero-order valence-electron chi connectivity index (χ0n) is 65.9. The van der Waals surface area contributed by atoms with Crippen LogP contribution in [0.5, 0.6) is 0 Å². The largest absolute Gasteiger partial charge is 2.00 e. The summed E-state index contributed by atoms with van der Waals surface area (Å²) < 4.78 is 13.2. The van der Waals surface area contributed by atoms with Gasteiger partial charge in [-0.25, -0.2) is 0 Å². The van der Waals surface area contributed by atoms with Crippen LogP contribution in [0.3, 0.4) is 0 Å². The molecule has 0 aliphatic carbocycles. The summed E-state index contributed by atoms with van der Waals surface area (Å²) in [5.74, 6) is 2.68. The number of para-hydroxylation sites is 4. The van der Waals surface area contributed by atoms with Gasteiger partial charge in [0.2, 0.25) is 0 Å². The third-order valence-corrected chi connectivity index (χ3v) is 25.2. The van der Waals surface area contributed by atoms with Gasteiger partial charge >= 0.3 is 63.2 Å². The predicted molar refractivity (Wildman–Crippen MR) is 494 cm³/mol. The number of fused-ring (bicyclic) bond motifs is 12. The van der Waals surface area contributed by atoms with Gasteiger partial charge in [-0.15, -0.1) is 195 Å². The summed E-state index contributed by atoms with van der Waals surface area (Å²) in [6.45, 7) is 0. The molecule has 0 N–H and O–H groups in total. The van der Waals surface area contributed by atoms with E-state index in [0.29, 0.717) is 0 Å². The molecule has 0 radical (unpaired) electrons. The first-order chi connectivity index (χ1) is 59.2. The molecule has 0 fully saturated rings. The van der Waals surface area contributed by atoms with Crippen LogP contribution in [0, 0.1) is 36.4 Å². The van der Waals surface area contributed by atoms with Crippen LogP contribution in [0.4, 0.5) is 0 Å². The molecule has 0 aliphatic rings. The first-order valence-corrected chi connectivity index (χ1v) is 42.1. The SMILES string of the molecule is Cn1c(-c2[c-]c3c(cc2)c2ccccc2n3-c2[c-]c(-c3ccccn3)ccc2)nc2c(-c3cccs3)cccc21.Cn1c(-c2[c-]c3c(cc2)c2ccccc2n3-c2[c-]c(-c3ccccn3)ccc2)nc2cc(-c3cccs3)ccc21.Cn1c(-c2[c-]c3c(cc2)c2ccccc2n3-c2[c-]c(-c3ccccn3)ccc2)nc2ccc(-c3cccs3)cc21.[Pt+2].[Pt+2].[Pt+2]. The molecule has 0 bridgehead atoms. The van der Waals surface area contributed by atoms with Crippen LogP contribution in [0.25, 0.3) is 215 Å². The van der Waals surface area contributed by atoms with Gasteiger partial charge < -0.3 is 42.4 Å². The van der Waals surface area contributed by atoms with Gasteiger partial charge in [0, 0.05) is 76.5 Å². The average Bonchev–Trinajstić information content (AvgIpc) is 1.59. The van der Waals surface area contributed by atoms with Crippen LogP contribution in [-0.4, -0.2) is 57.3 Å². The van der Waals surface area contributed by atoms with Crippen molar-refractivity contribution in [3.8, 4) is 116 Å². The number of thiophene rings is 3. The second-order valence-corrected chi connectivity index (χ2v) is 32.3. The average molecular weight is 2180 g/mol. The molecule has 12 nitrogen and oxygen atoms in total. The topological polar surface area (TPSA) is 107 Å². The van der Waals surface area contributed by atoms with Gasteiger partial charge in [0.1, 0.15) is 0 Å². The number of rotatable bonds is 12. The molecule has 594 valence electrons. The van der Waals surface area contributed by atoms with Crippen LogP contribution in [0.1, 0.15) is 0 Å². The van der Waals surface area contributed by atoms with E-state index in [4.69, 9.17) is 15.0 Å². The van der Waals surface area contributed by atoms with Crippen molar-refractivity contribution in [3.05, 3.63) is 381 Å². The first-order valence-electron chi connectivity index (χ1n) is 39.5. The van der Waals surface area contributed by atoms with Gasteiger partial charge in [-0.1, -0.05) is 150 Å². The zero-order chi connectivity index (χ0) is 79.9. The molecule has 0 unspecified atom stereocenters. The van der Waals surface area contributed by atoms with Gasteiger partial charge in [-0.3, -0.25) is 15.0 Å². The number of nitrogens with zero attached hydrogens (tertiary/aromatic N) is 12. The Bertz CT molecular complexity index is 7820. The number of aromatic nitrogens is 12. The Morgan fingerprint density at radius 2 is 0.642 bits per heavy atom. The number of hydrogen-bond acceptors (Lipinski definition) is 9. The normalized spacial score (nSPS) is 11.3. The van der Waals surface area contributed by atoms with Crippen LogP contribution >= 0.6 is 34.0 Å². The molecule has 0 aliphatic heterocycles. The molecule has 0 spiro atoms. The van der Waals surface area contributed by atoms with E-state index in [1.54, 1.807) is 34.0 Å². The molecule has 123 heavy (non-hydrogen) atoms. The number of pyridine rings is 3. The maximum atomic E-state index is 5.17. The van der Waals surface area contributed by atoms with Crippen molar-refractivity contribution >= 4 is 133 Å². The van der Waals surface area contributed by atoms with E-state index in [2.05, 4.69) is 371 Å². The van der Waals surface area contributed by atoms with Crippen molar-refractivity contribution in [2.24, 2.45) is 21.1 Å². The number of imidazole rings is 3. The Kier molecular flexibility index (Phi) is 21.9. The van der Waals surface area contributed by atoms with Gasteiger partial charge in [-0.05, 0) is 179 Å². The molecule has 24 aromatic rings. The van der Waals surface area contributed by atoms with Gasteiger partial charge in [0.25, 0.3) is 0 Å². The number of aryl methyl sites for hydroxylation is 3. The summed E-state index contributed by atoms with van der Waals surface area (Å²) in [5.41, 5.74) is 27.4. The predicted octanol–water partition coefficient (Wildman–Crippen LogP) is 26.2. The minimum Gasteiger partial charge on any atom is -0.367 e. The zero-order valence-corrected chi connectivity index (χ0v) is 75.2. The van der Waals surface area contributed by atoms with E-state index >= 15 is 0 Å². The van der Waals surface area contributed by atoms with Crippen LogP contribution < -0.4 is 0 Å². The van der Waals surface area contributed by atoms with E-state index in [-0.39, 0.29) is 63.2 Å². The molecule has 0 atom stereocenters. The molecule has 0 saturated heterocycles. The van der Waals surface area contributed by atoms with Crippen molar-refractivity contribution < 1.29 is 63.2 Å². The number of benzene rings is 12. The minimum atomic E-state index is 0. The summed E-state index contributed by atoms with van der Waals surface area (Å²) in [4.78, 5) is 32.6. The molecular weight excluding hydrogens is 2110 g/mol. The maximum absolute atomic E-state index is 5.17. The molecule has 12 heterocycles. The van der Waals surface area contributed by atoms with E-state index in [9.17, 15) is 0 Å². The van der Waals surface area contributed by atoms with Crippen LogP contribution in [-0.2, 0) is 84.3 Å². The fourth-order valence-corrected chi connectivity index (χ4v) is 18.9. The fourth-order valence-electron chi connectivity index (χ4n) is 16.7. The van der Waals surface area contributed by atoms with Gasteiger partial charge in [0.05, 0.1) is 50.6 Å². The van der Waals surface area contributed by atoms with Crippen molar-refractivity contribution in [3.63, 3.8) is 0 Å². The summed E-state index contributed by atoms with van der Waals surface area (Å²) in [7, 11) is 6.24. The van der Waals surface area contributed by atoms with Crippen LogP contribution in [0.2, 0.25) is 0 Å². The molecular formula is C105H66N12Pt3S3.